The van der Waals surface area contributed by atoms with Crippen molar-refractivity contribution in [1.29, 1.82) is 0 Å². The van der Waals surface area contributed by atoms with E-state index in [1.807, 2.05) is 36.6 Å². The van der Waals surface area contributed by atoms with E-state index in [2.05, 4.69) is 0 Å². The van der Waals surface area contributed by atoms with E-state index in [9.17, 15) is 14.7 Å². The van der Waals surface area contributed by atoms with Crippen molar-refractivity contribution in [3.63, 3.8) is 0 Å². The van der Waals surface area contributed by atoms with Crippen molar-refractivity contribution in [3.05, 3.63) is 35.9 Å². The number of carbonyl (C=O) groups is 2. The Bertz CT molecular complexity index is 524. The average Bonchev–Trinajstić information content (AvgIpc) is 2.58. The Morgan fingerprint density at radius 1 is 1.30 bits per heavy atom. The first-order valence-corrected chi connectivity index (χ1v) is 9.28. The summed E-state index contributed by atoms with van der Waals surface area (Å²) in [6.07, 6.45) is 2.19. The number of carbonyl (C=O) groups excluding carboxylic acids is 2. The molecule has 2 amide bonds. The van der Waals surface area contributed by atoms with Crippen LogP contribution >= 0.6 is 11.8 Å². The van der Waals surface area contributed by atoms with Gasteiger partial charge in [-0.1, -0.05) is 30.3 Å². The maximum absolute atomic E-state index is 12.2. The topological polar surface area (TPSA) is 60.9 Å². The number of aliphatic hydroxyl groups excluding tert-OH is 1. The van der Waals surface area contributed by atoms with Crippen LogP contribution in [0.4, 0.5) is 0 Å². The minimum atomic E-state index is -0.994. The predicted molar refractivity (Wildman–Crippen MR) is 92.3 cm³/mol. The van der Waals surface area contributed by atoms with Gasteiger partial charge in [0.25, 0.3) is 5.91 Å². The van der Waals surface area contributed by atoms with E-state index in [0.29, 0.717) is 26.1 Å². The van der Waals surface area contributed by atoms with E-state index in [4.69, 9.17) is 0 Å². The largest absolute Gasteiger partial charge is 0.383 e. The molecule has 1 aliphatic heterocycles. The molecule has 1 aromatic carbocycles. The number of hydrogen-bond acceptors (Lipinski definition) is 4. The lowest BCUT2D eigenvalue weighted by atomic mass is 10.1. The summed E-state index contributed by atoms with van der Waals surface area (Å²) in [6, 6.07) is 10.0. The molecule has 126 valence electrons. The van der Waals surface area contributed by atoms with Gasteiger partial charge in [0, 0.05) is 19.6 Å². The molecule has 0 radical (unpaired) electrons. The third kappa shape index (κ3) is 5.25. The van der Waals surface area contributed by atoms with E-state index in [1.165, 1.54) is 10.5 Å². The molecule has 1 heterocycles. The second-order valence-electron chi connectivity index (χ2n) is 5.67. The van der Waals surface area contributed by atoms with Gasteiger partial charge in [-0.2, -0.15) is 11.8 Å². The Balaban J connectivity index is 1.80. The predicted octanol–water partition coefficient (Wildman–Crippen LogP) is 1.01. The quantitative estimate of drug-likeness (QED) is 0.807. The molecule has 1 aromatic rings. The van der Waals surface area contributed by atoms with Crippen molar-refractivity contribution >= 4 is 23.6 Å². The Hall–Kier alpha value is -1.53. The van der Waals surface area contributed by atoms with E-state index < -0.39 is 6.10 Å². The van der Waals surface area contributed by atoms with Gasteiger partial charge >= 0.3 is 0 Å². The van der Waals surface area contributed by atoms with E-state index in [0.717, 1.165) is 12.2 Å². The van der Waals surface area contributed by atoms with Crippen LogP contribution in [0.15, 0.2) is 30.3 Å². The fraction of sp³-hybridized carbons (Fsp3) is 0.529. The molecule has 23 heavy (non-hydrogen) atoms. The smallest absolute Gasteiger partial charge is 0.251 e. The fourth-order valence-corrected chi connectivity index (χ4v) is 3.06. The highest BCUT2D eigenvalue weighted by Crippen LogP contribution is 2.10. The third-order valence-corrected chi connectivity index (χ3v) is 4.67. The monoisotopic (exact) mass is 336 g/mol. The molecule has 1 atom stereocenters. The molecule has 1 saturated heterocycles. The van der Waals surface area contributed by atoms with Crippen LogP contribution in [0, 0.1) is 0 Å². The summed E-state index contributed by atoms with van der Waals surface area (Å²) in [4.78, 5) is 27.6. The van der Waals surface area contributed by atoms with E-state index in [-0.39, 0.29) is 18.4 Å². The fourth-order valence-electron chi connectivity index (χ4n) is 2.61. The Labute approximate surface area is 141 Å². The first kappa shape index (κ1) is 17.8. The Kier molecular flexibility index (Phi) is 6.92. The second kappa shape index (κ2) is 8.93. The van der Waals surface area contributed by atoms with Crippen LogP contribution < -0.4 is 0 Å². The number of piperazine rings is 1. The zero-order valence-corrected chi connectivity index (χ0v) is 14.3. The number of thioether (sulfide) groups is 1. The van der Waals surface area contributed by atoms with Crippen molar-refractivity contribution in [2.75, 3.05) is 38.2 Å². The zero-order chi connectivity index (χ0) is 16.7. The first-order valence-electron chi connectivity index (χ1n) is 7.89. The van der Waals surface area contributed by atoms with Crippen molar-refractivity contribution in [3.8, 4) is 0 Å². The molecule has 0 unspecified atom stereocenters. The summed E-state index contributed by atoms with van der Waals surface area (Å²) >= 11 is 1.59. The molecule has 0 saturated carbocycles. The molecule has 0 spiro atoms. The van der Waals surface area contributed by atoms with Crippen LogP contribution in [-0.4, -0.2) is 71.0 Å². The van der Waals surface area contributed by atoms with Crippen molar-refractivity contribution in [1.82, 2.24) is 9.80 Å². The van der Waals surface area contributed by atoms with Crippen molar-refractivity contribution in [2.45, 2.75) is 18.9 Å². The molecule has 0 bridgehead atoms. The lowest BCUT2D eigenvalue weighted by Gasteiger charge is -2.35. The van der Waals surface area contributed by atoms with Crippen LogP contribution in [0.3, 0.4) is 0 Å². The highest BCUT2D eigenvalue weighted by atomic mass is 32.2. The van der Waals surface area contributed by atoms with Crippen LogP contribution in [0.1, 0.15) is 12.0 Å². The first-order chi connectivity index (χ1) is 11.1. The minimum Gasteiger partial charge on any atom is -0.383 e. The molecule has 5 nitrogen and oxygen atoms in total. The standard InChI is InChI=1S/C17H24N2O3S/c1-23-12-8-15(20)17(22)19-11-10-18(16(21)13-19)9-7-14-5-3-2-4-6-14/h2-6,15,20H,7-13H2,1H3/t15-/m0/s1. The summed E-state index contributed by atoms with van der Waals surface area (Å²) in [5, 5.41) is 9.88. The summed E-state index contributed by atoms with van der Waals surface area (Å²) < 4.78 is 0. The average molecular weight is 336 g/mol. The van der Waals surface area contributed by atoms with Gasteiger partial charge in [-0.3, -0.25) is 9.59 Å². The SMILES string of the molecule is CSCC[C@H](O)C(=O)N1CCN(CCc2ccccc2)C(=O)C1. The van der Waals surface area contributed by atoms with Gasteiger partial charge < -0.3 is 14.9 Å². The van der Waals surface area contributed by atoms with Crippen LogP contribution in [0.25, 0.3) is 0 Å². The molecule has 1 N–H and O–H groups in total. The van der Waals surface area contributed by atoms with Gasteiger partial charge in [0.15, 0.2) is 0 Å². The minimum absolute atomic E-state index is 0.0439. The number of hydrogen-bond donors (Lipinski definition) is 1. The summed E-state index contributed by atoms with van der Waals surface area (Å²) in [5.74, 6) is 0.366. The van der Waals surface area contributed by atoms with Gasteiger partial charge in [-0.05, 0) is 30.4 Å². The molecular formula is C17H24N2O3S. The molecule has 6 heteroatoms. The van der Waals surface area contributed by atoms with Crippen molar-refractivity contribution in [2.24, 2.45) is 0 Å². The lowest BCUT2D eigenvalue weighted by Crippen LogP contribution is -2.54. The molecule has 2 rings (SSSR count). The Morgan fingerprint density at radius 2 is 2.04 bits per heavy atom. The number of nitrogens with zero attached hydrogens (tertiary/aromatic N) is 2. The normalized spacial score (nSPS) is 16.5. The van der Waals surface area contributed by atoms with Gasteiger partial charge in [0.1, 0.15) is 6.10 Å². The summed E-state index contributed by atoms with van der Waals surface area (Å²) in [5.41, 5.74) is 1.20. The molecule has 0 aliphatic carbocycles. The van der Waals surface area contributed by atoms with Crippen LogP contribution in [-0.2, 0) is 16.0 Å². The maximum Gasteiger partial charge on any atom is 0.251 e. The van der Waals surface area contributed by atoms with Gasteiger partial charge in [-0.25, -0.2) is 0 Å². The van der Waals surface area contributed by atoms with E-state index in [1.54, 1.807) is 16.7 Å². The molecule has 1 fully saturated rings. The highest BCUT2D eigenvalue weighted by molar-refractivity contribution is 7.98. The third-order valence-electron chi connectivity index (χ3n) is 4.02. The van der Waals surface area contributed by atoms with E-state index >= 15 is 0 Å². The van der Waals surface area contributed by atoms with Crippen molar-refractivity contribution < 1.29 is 14.7 Å². The number of rotatable bonds is 7. The number of benzene rings is 1. The maximum atomic E-state index is 12.2. The van der Waals surface area contributed by atoms with Crippen LogP contribution in [0.2, 0.25) is 0 Å². The highest BCUT2D eigenvalue weighted by Gasteiger charge is 2.29. The van der Waals surface area contributed by atoms with Crippen LogP contribution in [0.5, 0.6) is 0 Å². The summed E-state index contributed by atoms with van der Waals surface area (Å²) in [7, 11) is 0. The summed E-state index contributed by atoms with van der Waals surface area (Å²) in [6.45, 7) is 1.77. The Morgan fingerprint density at radius 3 is 2.70 bits per heavy atom. The number of aliphatic hydroxyl groups is 1. The van der Waals surface area contributed by atoms with Gasteiger partial charge in [0.05, 0.1) is 6.54 Å². The van der Waals surface area contributed by atoms with Gasteiger partial charge in [0.2, 0.25) is 5.91 Å². The second-order valence-corrected chi connectivity index (χ2v) is 6.66. The zero-order valence-electron chi connectivity index (χ0n) is 13.5. The molecular weight excluding hydrogens is 312 g/mol. The molecule has 1 aliphatic rings. The molecule has 0 aromatic heterocycles. The van der Waals surface area contributed by atoms with Gasteiger partial charge in [-0.15, -0.1) is 0 Å². The number of amides is 2. The lowest BCUT2D eigenvalue weighted by molar-refractivity contribution is -0.150.